The minimum Gasteiger partial charge on any atom is -0.497 e. The van der Waals surface area contributed by atoms with Gasteiger partial charge in [-0.3, -0.25) is 9.59 Å². The number of amides is 2. The number of methoxy groups -OCH3 is 1. The van der Waals surface area contributed by atoms with Crippen molar-refractivity contribution in [1.82, 2.24) is 15.1 Å². The third-order valence-corrected chi connectivity index (χ3v) is 7.19. The van der Waals surface area contributed by atoms with Gasteiger partial charge in [0, 0.05) is 30.7 Å². The number of carbonyl (C=O) groups excluding carboxylic acids is 2. The molecule has 30 heavy (non-hydrogen) atoms. The van der Waals surface area contributed by atoms with Crippen LogP contribution in [-0.4, -0.2) is 67.0 Å². The van der Waals surface area contributed by atoms with Crippen LogP contribution in [0.15, 0.2) is 24.3 Å². The second-order valence-corrected chi connectivity index (χ2v) is 9.00. The van der Waals surface area contributed by atoms with E-state index in [1.54, 1.807) is 31.4 Å². The lowest BCUT2D eigenvalue weighted by Crippen LogP contribution is -2.51. The lowest BCUT2D eigenvalue weighted by atomic mass is 9.96. The molecular weight excluding hydrogens is 378 g/mol. The molecule has 0 unspecified atom stereocenters. The van der Waals surface area contributed by atoms with Crippen LogP contribution in [0.1, 0.15) is 61.7 Å². The highest BCUT2D eigenvalue weighted by molar-refractivity contribution is 5.95. The molecule has 2 saturated heterocycles. The molecule has 0 radical (unpaired) electrons. The van der Waals surface area contributed by atoms with Gasteiger partial charge in [-0.15, -0.1) is 0 Å². The average Bonchev–Trinajstić information content (AvgIpc) is 3.27. The normalized spacial score (nSPS) is 25.8. The van der Waals surface area contributed by atoms with Crippen LogP contribution >= 0.6 is 0 Å². The monoisotopic (exact) mass is 413 g/mol. The standard InChI is InChI=1S/C24H35N3O3/c1-30-20-10-8-18(9-11-20)23(28)25-22-7-5-6-21(22)24(29)27-16-12-19(13-17-27)26-14-3-2-4-15-26/h8-11,19,21-22H,2-7,12-17H2,1H3,(H,25,28)/t21-,22+/m0/s1. The van der Waals surface area contributed by atoms with Crippen LogP contribution in [-0.2, 0) is 4.79 Å². The molecule has 2 atom stereocenters. The van der Waals surface area contributed by atoms with Gasteiger partial charge in [0.05, 0.1) is 13.0 Å². The van der Waals surface area contributed by atoms with E-state index < -0.39 is 0 Å². The molecule has 6 nitrogen and oxygen atoms in total. The third kappa shape index (κ3) is 4.80. The number of piperidine rings is 2. The van der Waals surface area contributed by atoms with Crippen molar-refractivity contribution >= 4 is 11.8 Å². The van der Waals surface area contributed by atoms with E-state index in [0.717, 1.165) is 50.9 Å². The summed E-state index contributed by atoms with van der Waals surface area (Å²) < 4.78 is 5.16. The molecule has 3 aliphatic rings. The fourth-order valence-corrected chi connectivity index (χ4v) is 5.39. The summed E-state index contributed by atoms with van der Waals surface area (Å²) in [6.07, 6.45) is 8.91. The number of rotatable bonds is 5. The molecule has 1 aliphatic carbocycles. The number of hydrogen-bond acceptors (Lipinski definition) is 4. The predicted molar refractivity (Wildman–Crippen MR) is 117 cm³/mol. The zero-order valence-corrected chi connectivity index (χ0v) is 18.1. The van der Waals surface area contributed by atoms with Gasteiger partial charge < -0.3 is 19.9 Å². The fourth-order valence-electron chi connectivity index (χ4n) is 5.39. The maximum absolute atomic E-state index is 13.2. The van der Waals surface area contributed by atoms with Crippen molar-refractivity contribution in [3.05, 3.63) is 29.8 Å². The first-order valence-corrected chi connectivity index (χ1v) is 11.6. The van der Waals surface area contributed by atoms with Crippen LogP contribution in [0.5, 0.6) is 5.75 Å². The molecule has 2 heterocycles. The van der Waals surface area contributed by atoms with Gasteiger partial charge >= 0.3 is 0 Å². The smallest absolute Gasteiger partial charge is 0.251 e. The first-order chi connectivity index (χ1) is 14.7. The van der Waals surface area contributed by atoms with Crippen molar-refractivity contribution in [2.24, 2.45) is 5.92 Å². The number of carbonyl (C=O) groups is 2. The number of nitrogens with one attached hydrogen (secondary N) is 1. The molecule has 6 heteroatoms. The van der Waals surface area contributed by atoms with E-state index in [0.29, 0.717) is 11.6 Å². The van der Waals surface area contributed by atoms with Gasteiger partial charge in [0.25, 0.3) is 5.91 Å². The van der Waals surface area contributed by atoms with Crippen molar-refractivity contribution in [2.75, 3.05) is 33.3 Å². The Labute approximate surface area is 179 Å². The Morgan fingerprint density at radius 2 is 1.60 bits per heavy atom. The summed E-state index contributed by atoms with van der Waals surface area (Å²) in [6, 6.07) is 7.70. The summed E-state index contributed by atoms with van der Waals surface area (Å²) >= 11 is 0. The van der Waals surface area contributed by atoms with Gasteiger partial charge in [0.1, 0.15) is 5.75 Å². The molecule has 2 aliphatic heterocycles. The molecule has 4 rings (SSSR count). The number of nitrogens with zero attached hydrogens (tertiary/aromatic N) is 2. The van der Waals surface area contributed by atoms with Crippen molar-refractivity contribution in [3.8, 4) is 5.75 Å². The Morgan fingerprint density at radius 3 is 2.27 bits per heavy atom. The van der Waals surface area contributed by atoms with Crippen LogP contribution in [0.4, 0.5) is 0 Å². The molecule has 1 N–H and O–H groups in total. The molecule has 2 amide bonds. The van der Waals surface area contributed by atoms with Crippen LogP contribution in [0.2, 0.25) is 0 Å². The van der Waals surface area contributed by atoms with Gasteiger partial charge in [-0.25, -0.2) is 0 Å². The molecule has 1 saturated carbocycles. The molecule has 1 aromatic carbocycles. The maximum Gasteiger partial charge on any atom is 0.251 e. The first-order valence-electron chi connectivity index (χ1n) is 11.6. The largest absolute Gasteiger partial charge is 0.497 e. The Morgan fingerprint density at radius 1 is 0.900 bits per heavy atom. The topological polar surface area (TPSA) is 61.9 Å². The SMILES string of the molecule is COc1ccc(C(=O)N[C@@H]2CCC[C@@H]2C(=O)N2CCC(N3CCCCC3)CC2)cc1. The Hall–Kier alpha value is -2.08. The third-order valence-electron chi connectivity index (χ3n) is 7.19. The number of likely N-dealkylation sites (tertiary alicyclic amines) is 2. The molecule has 0 aromatic heterocycles. The van der Waals surface area contributed by atoms with E-state index in [4.69, 9.17) is 4.74 Å². The van der Waals surface area contributed by atoms with Crippen LogP contribution in [0.25, 0.3) is 0 Å². The number of hydrogen-bond donors (Lipinski definition) is 1. The minimum absolute atomic E-state index is 0.0630. The zero-order chi connectivity index (χ0) is 20.9. The molecule has 164 valence electrons. The van der Waals surface area contributed by atoms with Crippen molar-refractivity contribution in [2.45, 2.75) is 63.5 Å². The van der Waals surface area contributed by atoms with Crippen molar-refractivity contribution < 1.29 is 14.3 Å². The molecule has 0 spiro atoms. The summed E-state index contributed by atoms with van der Waals surface area (Å²) in [4.78, 5) is 30.6. The summed E-state index contributed by atoms with van der Waals surface area (Å²) in [5, 5.41) is 3.13. The number of benzene rings is 1. The zero-order valence-electron chi connectivity index (χ0n) is 18.1. The lowest BCUT2D eigenvalue weighted by molar-refractivity contribution is -0.137. The summed E-state index contributed by atoms with van der Waals surface area (Å²) in [7, 11) is 1.61. The number of ether oxygens (including phenoxy) is 1. The van der Waals surface area contributed by atoms with Crippen LogP contribution in [0.3, 0.4) is 0 Å². The van der Waals surface area contributed by atoms with Crippen LogP contribution < -0.4 is 10.1 Å². The van der Waals surface area contributed by atoms with Crippen molar-refractivity contribution in [1.29, 1.82) is 0 Å². The highest BCUT2D eigenvalue weighted by Crippen LogP contribution is 2.30. The molecule has 3 fully saturated rings. The summed E-state index contributed by atoms with van der Waals surface area (Å²) in [5.74, 6) is 0.781. The lowest BCUT2D eigenvalue weighted by Gasteiger charge is -2.41. The highest BCUT2D eigenvalue weighted by Gasteiger charge is 2.38. The van der Waals surface area contributed by atoms with Gasteiger partial charge in [0.15, 0.2) is 0 Å². The summed E-state index contributed by atoms with van der Waals surface area (Å²) in [6.45, 7) is 4.16. The van der Waals surface area contributed by atoms with E-state index in [9.17, 15) is 9.59 Å². The average molecular weight is 414 g/mol. The van der Waals surface area contributed by atoms with Gasteiger partial charge in [-0.1, -0.05) is 12.8 Å². The van der Waals surface area contributed by atoms with Gasteiger partial charge in [-0.2, -0.15) is 0 Å². The van der Waals surface area contributed by atoms with Crippen LogP contribution in [0, 0.1) is 5.92 Å². The minimum atomic E-state index is -0.105. The van der Waals surface area contributed by atoms with Gasteiger partial charge in [-0.05, 0) is 75.9 Å². The van der Waals surface area contributed by atoms with E-state index >= 15 is 0 Å². The Balaban J connectivity index is 1.30. The summed E-state index contributed by atoms with van der Waals surface area (Å²) in [5.41, 5.74) is 0.608. The first kappa shape index (κ1) is 21.2. The fraction of sp³-hybridized carbons (Fsp3) is 0.667. The molecular formula is C24H35N3O3. The van der Waals surface area contributed by atoms with E-state index in [1.807, 2.05) is 0 Å². The van der Waals surface area contributed by atoms with E-state index in [-0.39, 0.29) is 23.8 Å². The second kappa shape index (κ2) is 9.82. The Kier molecular flexibility index (Phi) is 6.93. The molecule has 0 bridgehead atoms. The quantitative estimate of drug-likeness (QED) is 0.806. The molecule has 1 aromatic rings. The second-order valence-electron chi connectivity index (χ2n) is 9.00. The highest BCUT2D eigenvalue weighted by atomic mass is 16.5. The van der Waals surface area contributed by atoms with Crippen molar-refractivity contribution in [3.63, 3.8) is 0 Å². The Bertz CT molecular complexity index is 722. The predicted octanol–water partition coefficient (Wildman–Crippen LogP) is 3.07. The van der Waals surface area contributed by atoms with Gasteiger partial charge in [0.2, 0.25) is 5.91 Å². The maximum atomic E-state index is 13.2. The van der Waals surface area contributed by atoms with E-state index in [2.05, 4.69) is 15.1 Å². The van der Waals surface area contributed by atoms with E-state index in [1.165, 1.54) is 32.4 Å².